The van der Waals surface area contributed by atoms with E-state index in [2.05, 4.69) is 10.4 Å². The predicted molar refractivity (Wildman–Crippen MR) is 104 cm³/mol. The number of hydrogen-bond acceptors (Lipinski definition) is 2. The van der Waals surface area contributed by atoms with E-state index in [-0.39, 0.29) is 5.91 Å². The molecule has 0 unspecified atom stereocenters. The first kappa shape index (κ1) is 16.4. The molecule has 0 atom stereocenters. The monoisotopic (exact) mass is 361 g/mol. The minimum atomic E-state index is -0.167. The predicted octanol–water partition coefficient (Wildman–Crippen LogP) is 4.61. The third kappa shape index (κ3) is 3.19. The summed E-state index contributed by atoms with van der Waals surface area (Å²) >= 11 is 6.16. The Bertz CT molecular complexity index is 1050. The molecule has 0 aliphatic rings. The normalized spacial score (nSPS) is 10.8. The van der Waals surface area contributed by atoms with Gasteiger partial charge in [-0.1, -0.05) is 60.1 Å². The standard InChI is InChI=1S/C21H16ClN3O/c22-18-10-4-1-7-15(18)13-23-21(26)17-9-3-6-12-20(17)25-14-16-8-2-5-11-19(16)24-25/h1-12,14H,13H2,(H,23,26). The summed E-state index contributed by atoms with van der Waals surface area (Å²) in [5.41, 5.74) is 3.07. The smallest absolute Gasteiger partial charge is 0.253 e. The summed E-state index contributed by atoms with van der Waals surface area (Å²) in [4.78, 5) is 12.7. The second-order valence-corrected chi connectivity index (χ2v) is 6.33. The molecule has 1 aromatic heterocycles. The molecule has 5 heteroatoms. The van der Waals surface area contributed by atoms with Crippen LogP contribution in [-0.4, -0.2) is 15.7 Å². The molecule has 1 amide bonds. The molecule has 0 fully saturated rings. The van der Waals surface area contributed by atoms with E-state index in [1.54, 1.807) is 10.7 Å². The molecule has 1 heterocycles. The molecule has 0 aliphatic heterocycles. The van der Waals surface area contributed by atoms with Gasteiger partial charge in [0, 0.05) is 23.2 Å². The first-order chi connectivity index (χ1) is 12.7. The summed E-state index contributed by atoms with van der Waals surface area (Å²) in [5.74, 6) is -0.167. The molecule has 0 bridgehead atoms. The lowest BCUT2D eigenvalue weighted by Crippen LogP contribution is -2.24. The number of fused-ring (bicyclic) bond motifs is 1. The van der Waals surface area contributed by atoms with E-state index >= 15 is 0 Å². The van der Waals surface area contributed by atoms with Crippen molar-refractivity contribution in [3.05, 3.63) is 95.1 Å². The quantitative estimate of drug-likeness (QED) is 0.577. The van der Waals surface area contributed by atoms with Crippen LogP contribution in [0.2, 0.25) is 5.02 Å². The van der Waals surface area contributed by atoms with E-state index < -0.39 is 0 Å². The third-order valence-electron chi connectivity index (χ3n) is 4.21. The number of benzene rings is 3. The van der Waals surface area contributed by atoms with Crippen molar-refractivity contribution >= 4 is 28.4 Å². The number of nitrogens with one attached hydrogen (secondary N) is 1. The van der Waals surface area contributed by atoms with Crippen molar-refractivity contribution in [2.45, 2.75) is 6.54 Å². The van der Waals surface area contributed by atoms with Gasteiger partial charge >= 0.3 is 0 Å². The van der Waals surface area contributed by atoms with Crippen molar-refractivity contribution in [2.24, 2.45) is 0 Å². The highest BCUT2D eigenvalue weighted by Crippen LogP contribution is 2.19. The Kier molecular flexibility index (Phi) is 4.42. The van der Waals surface area contributed by atoms with Gasteiger partial charge in [-0.05, 0) is 29.8 Å². The Labute approximate surface area is 156 Å². The van der Waals surface area contributed by atoms with Crippen LogP contribution in [0.1, 0.15) is 15.9 Å². The van der Waals surface area contributed by atoms with Crippen LogP contribution < -0.4 is 5.32 Å². The Hall–Kier alpha value is -3.11. The molecule has 128 valence electrons. The number of halogens is 1. The van der Waals surface area contributed by atoms with Crippen LogP contribution in [-0.2, 0) is 6.54 Å². The minimum absolute atomic E-state index is 0.167. The molecule has 0 aliphatic carbocycles. The summed E-state index contributed by atoms with van der Waals surface area (Å²) in [7, 11) is 0. The first-order valence-corrected chi connectivity index (χ1v) is 8.65. The van der Waals surface area contributed by atoms with Gasteiger partial charge in [0.1, 0.15) is 0 Å². The summed E-state index contributed by atoms with van der Waals surface area (Å²) in [6.45, 7) is 0.369. The Morgan fingerprint density at radius 2 is 1.69 bits per heavy atom. The van der Waals surface area contributed by atoms with Gasteiger partial charge in [0.15, 0.2) is 0 Å². The minimum Gasteiger partial charge on any atom is -0.348 e. The molecular formula is C21H16ClN3O. The van der Waals surface area contributed by atoms with Crippen molar-refractivity contribution in [1.82, 2.24) is 15.1 Å². The zero-order valence-electron chi connectivity index (χ0n) is 13.9. The Morgan fingerprint density at radius 3 is 2.54 bits per heavy atom. The fourth-order valence-corrected chi connectivity index (χ4v) is 3.07. The Balaban J connectivity index is 1.63. The fraction of sp³-hybridized carbons (Fsp3) is 0.0476. The van der Waals surface area contributed by atoms with E-state index in [1.165, 1.54) is 0 Å². The molecule has 4 nitrogen and oxygen atoms in total. The molecular weight excluding hydrogens is 346 g/mol. The molecule has 26 heavy (non-hydrogen) atoms. The number of rotatable bonds is 4. The summed E-state index contributed by atoms with van der Waals surface area (Å²) < 4.78 is 1.75. The van der Waals surface area contributed by atoms with Crippen LogP contribution >= 0.6 is 11.6 Å². The number of carbonyl (C=O) groups is 1. The highest BCUT2D eigenvalue weighted by atomic mass is 35.5. The van der Waals surface area contributed by atoms with Crippen LogP contribution in [0.5, 0.6) is 0 Å². The zero-order valence-corrected chi connectivity index (χ0v) is 14.6. The van der Waals surface area contributed by atoms with Crippen molar-refractivity contribution in [3.8, 4) is 5.69 Å². The molecule has 4 rings (SSSR count). The van der Waals surface area contributed by atoms with Crippen molar-refractivity contribution in [1.29, 1.82) is 0 Å². The van der Waals surface area contributed by atoms with Gasteiger partial charge in [-0.3, -0.25) is 4.79 Å². The van der Waals surface area contributed by atoms with Gasteiger partial charge in [-0.25, -0.2) is 4.68 Å². The van der Waals surface area contributed by atoms with E-state index in [0.29, 0.717) is 17.1 Å². The van der Waals surface area contributed by atoms with Gasteiger partial charge in [0.2, 0.25) is 0 Å². The van der Waals surface area contributed by atoms with Crippen LogP contribution in [0.4, 0.5) is 0 Å². The highest BCUT2D eigenvalue weighted by Gasteiger charge is 2.14. The van der Waals surface area contributed by atoms with Crippen LogP contribution in [0.25, 0.3) is 16.6 Å². The second kappa shape index (κ2) is 7.02. The largest absolute Gasteiger partial charge is 0.348 e. The number of para-hydroxylation sites is 1. The highest BCUT2D eigenvalue weighted by molar-refractivity contribution is 6.31. The van der Waals surface area contributed by atoms with Gasteiger partial charge in [-0.15, -0.1) is 0 Å². The van der Waals surface area contributed by atoms with E-state index in [0.717, 1.165) is 22.2 Å². The molecule has 3 aromatic carbocycles. The zero-order chi connectivity index (χ0) is 17.9. The average molecular weight is 362 g/mol. The van der Waals surface area contributed by atoms with Crippen molar-refractivity contribution in [2.75, 3.05) is 0 Å². The summed E-state index contributed by atoms with van der Waals surface area (Å²) in [5, 5.41) is 9.17. The average Bonchev–Trinajstić information content (AvgIpc) is 3.11. The molecule has 0 spiro atoms. The SMILES string of the molecule is O=C(NCc1ccccc1Cl)c1ccccc1-n1cc2ccccc2n1. The fourth-order valence-electron chi connectivity index (χ4n) is 2.87. The number of carbonyl (C=O) groups excluding carboxylic acids is 1. The molecule has 0 saturated carbocycles. The first-order valence-electron chi connectivity index (χ1n) is 8.28. The van der Waals surface area contributed by atoms with Crippen molar-refractivity contribution in [3.63, 3.8) is 0 Å². The maximum atomic E-state index is 12.7. The van der Waals surface area contributed by atoms with Gasteiger partial charge in [0.05, 0.1) is 16.8 Å². The number of amides is 1. The lowest BCUT2D eigenvalue weighted by Gasteiger charge is -2.11. The lowest BCUT2D eigenvalue weighted by molar-refractivity contribution is 0.0951. The summed E-state index contributed by atoms with van der Waals surface area (Å²) in [6.07, 6.45) is 1.93. The van der Waals surface area contributed by atoms with E-state index in [4.69, 9.17) is 11.6 Å². The van der Waals surface area contributed by atoms with Gasteiger partial charge in [0.25, 0.3) is 5.91 Å². The van der Waals surface area contributed by atoms with Crippen LogP contribution in [0, 0.1) is 0 Å². The molecule has 0 radical (unpaired) electrons. The topological polar surface area (TPSA) is 46.9 Å². The summed E-state index contributed by atoms with van der Waals surface area (Å²) in [6, 6.07) is 22.8. The lowest BCUT2D eigenvalue weighted by atomic mass is 10.1. The second-order valence-electron chi connectivity index (χ2n) is 5.92. The number of hydrogen-bond donors (Lipinski definition) is 1. The Morgan fingerprint density at radius 1 is 0.962 bits per heavy atom. The maximum absolute atomic E-state index is 12.7. The van der Waals surface area contributed by atoms with E-state index in [9.17, 15) is 4.79 Å². The third-order valence-corrected chi connectivity index (χ3v) is 4.58. The molecule has 4 aromatic rings. The molecule has 1 N–H and O–H groups in total. The van der Waals surface area contributed by atoms with Gasteiger partial charge in [-0.2, -0.15) is 5.10 Å². The number of aromatic nitrogens is 2. The van der Waals surface area contributed by atoms with Crippen LogP contribution in [0.15, 0.2) is 79.0 Å². The number of nitrogens with zero attached hydrogens (tertiary/aromatic N) is 2. The van der Waals surface area contributed by atoms with Gasteiger partial charge < -0.3 is 5.32 Å². The van der Waals surface area contributed by atoms with E-state index in [1.807, 2.05) is 72.9 Å². The molecule has 0 saturated heterocycles. The maximum Gasteiger partial charge on any atom is 0.253 e. The van der Waals surface area contributed by atoms with Crippen LogP contribution in [0.3, 0.4) is 0 Å². The van der Waals surface area contributed by atoms with Crippen molar-refractivity contribution < 1.29 is 4.79 Å².